The highest BCUT2D eigenvalue weighted by molar-refractivity contribution is 7.91. The second kappa shape index (κ2) is 14.6. The number of fused-ring (bicyclic) bond motifs is 1. The van der Waals surface area contributed by atoms with E-state index in [9.17, 15) is 27.6 Å². The Morgan fingerprint density at radius 1 is 0.793 bits per heavy atom. The molecule has 5 amide bonds. The molecule has 2 heterocycles. The standard InChI is InChI=1S/C44H68N6O7S/c1-7-28-24-44(28,39(55)48-58(56,57)30-19-20-30)47-36(52)32-25-43(41(5,6)42(43)21-13-22-42)26-50(32)38(54)34(40(2,3)4)46-37(53)33(27-14-9-8-10-15-27)45-35(51)31-16-11-12-23-49(31)29-17-18-29/h7,27-34H,1,8-26H2,2-6H3,(H,45,51)(H,46,53)(H,47,52)(H,48,55)/t28-,31+,32+,33+,34-,43-,44-/m1/s1. The van der Waals surface area contributed by atoms with Crippen molar-refractivity contribution in [2.45, 2.75) is 185 Å². The van der Waals surface area contributed by atoms with Gasteiger partial charge in [0.1, 0.15) is 23.7 Å². The number of carbonyl (C=O) groups is 5. The van der Waals surface area contributed by atoms with E-state index >= 15 is 4.79 Å². The molecule has 6 saturated carbocycles. The fourth-order valence-corrected chi connectivity index (χ4v) is 13.7. The van der Waals surface area contributed by atoms with Crippen LogP contribution >= 0.6 is 0 Å². The highest BCUT2D eigenvalue weighted by atomic mass is 32.2. The molecule has 322 valence electrons. The third-order valence-electron chi connectivity index (χ3n) is 16.6. The number of likely N-dealkylation sites (tertiary alicyclic amines) is 2. The largest absolute Gasteiger partial charge is 0.343 e. The zero-order valence-corrected chi connectivity index (χ0v) is 36.3. The molecule has 0 aromatic rings. The number of hydrogen-bond donors (Lipinski definition) is 4. The third-order valence-corrected chi connectivity index (χ3v) is 18.4. The second-order valence-corrected chi connectivity index (χ2v) is 23.1. The Balaban J connectivity index is 1.05. The molecule has 0 aromatic heterocycles. The Morgan fingerprint density at radius 2 is 1.47 bits per heavy atom. The monoisotopic (exact) mass is 824 g/mol. The van der Waals surface area contributed by atoms with E-state index in [2.05, 4.69) is 46.0 Å². The number of hydrogen-bond acceptors (Lipinski definition) is 8. The molecule has 4 N–H and O–H groups in total. The average molecular weight is 825 g/mol. The van der Waals surface area contributed by atoms with Crippen LogP contribution in [0.25, 0.3) is 0 Å². The molecule has 13 nitrogen and oxygen atoms in total. The zero-order valence-electron chi connectivity index (χ0n) is 35.5. The van der Waals surface area contributed by atoms with Gasteiger partial charge in [-0.2, -0.15) is 0 Å². The second-order valence-electron chi connectivity index (χ2n) is 21.2. The molecule has 8 fully saturated rings. The Kier molecular flexibility index (Phi) is 10.5. The van der Waals surface area contributed by atoms with Gasteiger partial charge in [0.2, 0.25) is 33.7 Å². The first-order valence-electron chi connectivity index (χ1n) is 22.5. The van der Waals surface area contributed by atoms with Gasteiger partial charge in [0.05, 0.1) is 11.3 Å². The lowest BCUT2D eigenvalue weighted by atomic mass is 9.73. The summed E-state index contributed by atoms with van der Waals surface area (Å²) in [7, 11) is -3.87. The summed E-state index contributed by atoms with van der Waals surface area (Å²) in [4.78, 5) is 76.4. The lowest BCUT2D eigenvalue weighted by Crippen LogP contribution is -2.63. The van der Waals surface area contributed by atoms with Crippen LogP contribution in [0.5, 0.6) is 0 Å². The molecule has 7 atom stereocenters. The van der Waals surface area contributed by atoms with Crippen LogP contribution in [0.4, 0.5) is 0 Å². The van der Waals surface area contributed by atoms with Crippen LogP contribution < -0.4 is 20.7 Å². The van der Waals surface area contributed by atoms with Crippen molar-refractivity contribution in [3.8, 4) is 0 Å². The van der Waals surface area contributed by atoms with Crippen LogP contribution in [0.15, 0.2) is 12.7 Å². The van der Waals surface area contributed by atoms with Crippen molar-refractivity contribution in [3.05, 3.63) is 12.7 Å². The van der Waals surface area contributed by atoms with Gasteiger partial charge in [-0.25, -0.2) is 8.42 Å². The van der Waals surface area contributed by atoms with Gasteiger partial charge in [0.15, 0.2) is 0 Å². The molecule has 8 rings (SSSR count). The van der Waals surface area contributed by atoms with Crippen LogP contribution in [0.3, 0.4) is 0 Å². The lowest BCUT2D eigenvalue weighted by Gasteiger charge is -2.39. The smallest absolute Gasteiger partial charge is 0.259 e. The van der Waals surface area contributed by atoms with Crippen molar-refractivity contribution in [2.75, 3.05) is 13.1 Å². The van der Waals surface area contributed by atoms with E-state index < -0.39 is 62.1 Å². The molecule has 0 aromatic carbocycles. The summed E-state index contributed by atoms with van der Waals surface area (Å²) in [5.74, 6) is -2.59. The molecular formula is C44H68N6O7S. The molecule has 8 aliphatic rings. The van der Waals surface area contributed by atoms with E-state index in [1.165, 1.54) is 0 Å². The number of piperidine rings is 1. The van der Waals surface area contributed by atoms with Crippen LogP contribution in [-0.2, 0) is 34.0 Å². The van der Waals surface area contributed by atoms with Crippen LogP contribution in [-0.4, -0.2) is 102 Å². The zero-order chi connectivity index (χ0) is 41.6. The number of sulfonamides is 1. The fraction of sp³-hybridized carbons (Fsp3) is 0.841. The summed E-state index contributed by atoms with van der Waals surface area (Å²) in [6, 6.07) is -2.54. The van der Waals surface area contributed by atoms with E-state index in [1.54, 1.807) is 11.0 Å². The molecular weight excluding hydrogens is 757 g/mol. The minimum absolute atomic E-state index is 0.00545. The van der Waals surface area contributed by atoms with Gasteiger partial charge in [-0.1, -0.05) is 72.8 Å². The minimum Gasteiger partial charge on any atom is -0.343 e. The first-order valence-corrected chi connectivity index (χ1v) is 24.0. The van der Waals surface area contributed by atoms with Crippen molar-refractivity contribution in [1.29, 1.82) is 0 Å². The summed E-state index contributed by atoms with van der Waals surface area (Å²) in [6.07, 6.45) is 16.0. The quantitative estimate of drug-likeness (QED) is 0.201. The molecule has 14 heteroatoms. The molecule has 0 radical (unpaired) electrons. The molecule has 58 heavy (non-hydrogen) atoms. The Bertz CT molecular complexity index is 1830. The molecule has 2 spiro atoms. The summed E-state index contributed by atoms with van der Waals surface area (Å²) in [5, 5.41) is 8.75. The van der Waals surface area contributed by atoms with Gasteiger partial charge in [-0.15, -0.1) is 6.58 Å². The maximum Gasteiger partial charge on any atom is 0.259 e. The van der Waals surface area contributed by atoms with Crippen molar-refractivity contribution in [1.82, 2.24) is 30.5 Å². The topological polar surface area (TPSA) is 174 Å². The van der Waals surface area contributed by atoms with Crippen LogP contribution in [0, 0.1) is 33.5 Å². The maximum absolute atomic E-state index is 15.2. The van der Waals surface area contributed by atoms with E-state index in [4.69, 9.17) is 0 Å². The Hall–Kier alpha value is -3.00. The van der Waals surface area contributed by atoms with Crippen LogP contribution in [0.1, 0.15) is 144 Å². The first-order chi connectivity index (χ1) is 27.3. The third kappa shape index (κ3) is 6.91. The molecule has 6 aliphatic carbocycles. The summed E-state index contributed by atoms with van der Waals surface area (Å²) >= 11 is 0. The minimum atomic E-state index is -3.87. The molecule has 0 bridgehead atoms. The maximum atomic E-state index is 15.2. The highest BCUT2D eigenvalue weighted by Gasteiger charge is 2.85. The van der Waals surface area contributed by atoms with Gasteiger partial charge in [0.25, 0.3) is 5.91 Å². The van der Waals surface area contributed by atoms with Gasteiger partial charge in [-0.3, -0.25) is 33.6 Å². The summed E-state index contributed by atoms with van der Waals surface area (Å²) in [5.41, 5.74) is -2.69. The number of nitrogens with zero attached hydrogens (tertiary/aromatic N) is 2. The highest BCUT2D eigenvalue weighted by Crippen LogP contribution is 2.88. The molecule has 2 aliphatic heterocycles. The van der Waals surface area contributed by atoms with Crippen molar-refractivity contribution in [3.63, 3.8) is 0 Å². The predicted molar refractivity (Wildman–Crippen MR) is 219 cm³/mol. The van der Waals surface area contributed by atoms with E-state index in [0.717, 1.165) is 90.0 Å². The summed E-state index contributed by atoms with van der Waals surface area (Å²) < 4.78 is 27.9. The van der Waals surface area contributed by atoms with Crippen molar-refractivity contribution in [2.24, 2.45) is 33.5 Å². The number of nitrogens with one attached hydrogen (secondary N) is 4. The molecule has 0 unspecified atom stereocenters. The average Bonchev–Trinajstić information content (AvgIpc) is 4.00. The fourth-order valence-electron chi connectivity index (χ4n) is 12.3. The number of rotatable bonds is 13. The number of amides is 5. The van der Waals surface area contributed by atoms with Gasteiger partial charge < -0.3 is 20.9 Å². The SMILES string of the molecule is C=C[C@@H]1C[C@]1(NC(=O)[C@@H]1C[C@@]2(CN1C(=O)[C@@H](NC(=O)[C@@H](NC(=O)[C@@H]1CCCCN1C1CC1)C1CCCCC1)C(C)(C)C)C(C)(C)C21CCC1)C(=O)NS(=O)(=O)C1CC1. The normalized spacial score (nSPS) is 34.0. The van der Waals surface area contributed by atoms with Crippen LogP contribution in [0.2, 0.25) is 0 Å². The predicted octanol–water partition coefficient (Wildman–Crippen LogP) is 4.07. The van der Waals surface area contributed by atoms with Gasteiger partial charge >= 0.3 is 0 Å². The van der Waals surface area contributed by atoms with Crippen molar-refractivity contribution >= 4 is 39.6 Å². The lowest BCUT2D eigenvalue weighted by molar-refractivity contribution is -0.145. The van der Waals surface area contributed by atoms with E-state index in [0.29, 0.717) is 31.8 Å². The van der Waals surface area contributed by atoms with Gasteiger partial charge in [-0.05, 0) is 106 Å². The van der Waals surface area contributed by atoms with Gasteiger partial charge in [0, 0.05) is 23.9 Å². The first kappa shape index (κ1) is 41.7. The molecule has 2 saturated heterocycles. The Labute approximate surface area is 345 Å². The summed E-state index contributed by atoms with van der Waals surface area (Å²) in [6.45, 7) is 15.3. The number of carbonyl (C=O) groups excluding carboxylic acids is 5. The van der Waals surface area contributed by atoms with E-state index in [-0.39, 0.29) is 52.3 Å². The van der Waals surface area contributed by atoms with Crippen molar-refractivity contribution < 1.29 is 32.4 Å². The Morgan fingerprint density at radius 3 is 2.02 bits per heavy atom. The van der Waals surface area contributed by atoms with E-state index in [1.807, 2.05) is 20.8 Å².